The molecule has 3 amide bonds. The SMILES string of the molecule is COc1ccc(Cl)cc1NC(=O)N1CCC(CC(=O)NCc2ccccc2)CC1. The molecule has 6 nitrogen and oxygen atoms in total. The van der Waals surface area contributed by atoms with E-state index in [2.05, 4.69) is 10.6 Å². The van der Waals surface area contributed by atoms with Gasteiger partial charge in [0.1, 0.15) is 5.75 Å². The van der Waals surface area contributed by atoms with Crippen LogP contribution in [0.2, 0.25) is 5.02 Å². The summed E-state index contributed by atoms with van der Waals surface area (Å²) in [4.78, 5) is 26.5. The van der Waals surface area contributed by atoms with Gasteiger partial charge in [-0.15, -0.1) is 0 Å². The molecule has 2 N–H and O–H groups in total. The maximum absolute atomic E-state index is 12.6. The Morgan fingerprint density at radius 2 is 1.86 bits per heavy atom. The van der Waals surface area contributed by atoms with Gasteiger partial charge in [0.25, 0.3) is 0 Å². The van der Waals surface area contributed by atoms with E-state index in [1.165, 1.54) is 0 Å². The summed E-state index contributed by atoms with van der Waals surface area (Å²) < 4.78 is 5.27. The Balaban J connectivity index is 1.43. The van der Waals surface area contributed by atoms with Gasteiger partial charge in [-0.3, -0.25) is 4.79 Å². The molecule has 0 spiro atoms. The van der Waals surface area contributed by atoms with Crippen molar-refractivity contribution in [1.29, 1.82) is 0 Å². The van der Waals surface area contributed by atoms with E-state index in [4.69, 9.17) is 16.3 Å². The second kappa shape index (κ2) is 10.2. The van der Waals surface area contributed by atoms with E-state index in [-0.39, 0.29) is 17.9 Å². The van der Waals surface area contributed by atoms with Crippen LogP contribution in [0.3, 0.4) is 0 Å². The van der Waals surface area contributed by atoms with Crippen molar-refractivity contribution in [1.82, 2.24) is 10.2 Å². The van der Waals surface area contributed by atoms with Gasteiger partial charge < -0.3 is 20.3 Å². The summed E-state index contributed by atoms with van der Waals surface area (Å²) in [5.41, 5.74) is 1.64. The zero-order valence-corrected chi connectivity index (χ0v) is 17.2. The first-order valence-electron chi connectivity index (χ1n) is 9.75. The summed E-state index contributed by atoms with van der Waals surface area (Å²) >= 11 is 6.02. The Labute approximate surface area is 176 Å². The number of likely N-dealkylation sites (tertiary alicyclic amines) is 1. The van der Waals surface area contributed by atoms with Crippen molar-refractivity contribution in [2.24, 2.45) is 5.92 Å². The number of anilines is 1. The van der Waals surface area contributed by atoms with Crippen molar-refractivity contribution < 1.29 is 14.3 Å². The molecule has 0 aromatic heterocycles. The molecule has 0 bridgehead atoms. The summed E-state index contributed by atoms with van der Waals surface area (Å²) in [7, 11) is 1.55. The summed E-state index contributed by atoms with van der Waals surface area (Å²) in [5, 5.41) is 6.37. The van der Waals surface area contributed by atoms with E-state index in [0.717, 1.165) is 18.4 Å². The highest BCUT2D eigenvalue weighted by molar-refractivity contribution is 6.31. The number of halogens is 1. The fourth-order valence-corrected chi connectivity index (χ4v) is 3.62. The lowest BCUT2D eigenvalue weighted by molar-refractivity contribution is -0.122. The van der Waals surface area contributed by atoms with Crippen LogP contribution in [0.25, 0.3) is 0 Å². The third-order valence-electron chi connectivity index (χ3n) is 5.11. The van der Waals surface area contributed by atoms with Crippen LogP contribution in [-0.2, 0) is 11.3 Å². The first-order valence-corrected chi connectivity index (χ1v) is 10.1. The van der Waals surface area contributed by atoms with Crippen molar-refractivity contribution in [3.63, 3.8) is 0 Å². The number of carbonyl (C=O) groups is 2. The number of nitrogens with one attached hydrogen (secondary N) is 2. The molecule has 0 aliphatic carbocycles. The first kappa shape index (κ1) is 21.0. The van der Waals surface area contributed by atoms with E-state index < -0.39 is 0 Å². The van der Waals surface area contributed by atoms with Crippen LogP contribution < -0.4 is 15.4 Å². The lowest BCUT2D eigenvalue weighted by Gasteiger charge is -2.32. The lowest BCUT2D eigenvalue weighted by Crippen LogP contribution is -2.41. The number of rotatable bonds is 6. The number of urea groups is 1. The fraction of sp³-hybridized carbons (Fsp3) is 0.364. The standard InChI is InChI=1S/C22H26ClN3O3/c1-29-20-8-7-18(23)14-19(20)25-22(28)26-11-9-16(10-12-26)13-21(27)24-15-17-5-3-2-4-6-17/h2-8,14,16H,9-13,15H2,1H3,(H,24,27)(H,25,28). The van der Waals surface area contributed by atoms with Crippen molar-refractivity contribution in [3.05, 3.63) is 59.1 Å². The van der Waals surface area contributed by atoms with Crippen molar-refractivity contribution in [3.8, 4) is 5.75 Å². The molecule has 3 rings (SSSR count). The average molecular weight is 416 g/mol. The van der Waals surface area contributed by atoms with Gasteiger partial charge in [0.2, 0.25) is 5.91 Å². The summed E-state index contributed by atoms with van der Waals surface area (Å²) in [6, 6.07) is 14.8. The first-order chi connectivity index (χ1) is 14.0. The minimum absolute atomic E-state index is 0.0559. The summed E-state index contributed by atoms with van der Waals surface area (Å²) in [5.74, 6) is 0.906. The predicted octanol–water partition coefficient (Wildman–Crippen LogP) is 4.30. The third-order valence-corrected chi connectivity index (χ3v) is 5.35. The normalized spacial score (nSPS) is 14.3. The average Bonchev–Trinajstić information content (AvgIpc) is 2.74. The van der Waals surface area contributed by atoms with Crippen LogP contribution >= 0.6 is 11.6 Å². The summed E-state index contributed by atoms with van der Waals surface area (Å²) in [6.07, 6.45) is 2.10. The van der Waals surface area contributed by atoms with Crippen molar-refractivity contribution >= 4 is 29.2 Å². The van der Waals surface area contributed by atoms with E-state index in [9.17, 15) is 9.59 Å². The number of piperidine rings is 1. The molecule has 1 fully saturated rings. The van der Waals surface area contributed by atoms with E-state index >= 15 is 0 Å². The van der Waals surface area contributed by atoms with Gasteiger partial charge in [-0.2, -0.15) is 0 Å². The van der Waals surface area contributed by atoms with Crippen LogP contribution in [0, 0.1) is 5.92 Å². The second-order valence-electron chi connectivity index (χ2n) is 7.17. The lowest BCUT2D eigenvalue weighted by atomic mass is 9.93. The Kier molecular flexibility index (Phi) is 7.36. The smallest absolute Gasteiger partial charge is 0.321 e. The highest BCUT2D eigenvalue weighted by Crippen LogP contribution is 2.28. The highest BCUT2D eigenvalue weighted by atomic mass is 35.5. The zero-order chi connectivity index (χ0) is 20.6. The minimum atomic E-state index is -0.183. The van der Waals surface area contributed by atoms with Crippen LogP contribution in [-0.4, -0.2) is 37.0 Å². The molecule has 154 valence electrons. The summed E-state index contributed by atoms with van der Waals surface area (Å²) in [6.45, 7) is 1.78. The van der Waals surface area contributed by atoms with E-state index in [1.54, 1.807) is 30.2 Å². The monoisotopic (exact) mass is 415 g/mol. The molecular formula is C22H26ClN3O3. The number of carbonyl (C=O) groups excluding carboxylic acids is 2. The van der Waals surface area contributed by atoms with Gasteiger partial charge in [-0.1, -0.05) is 41.9 Å². The molecule has 0 atom stereocenters. The van der Waals surface area contributed by atoms with Gasteiger partial charge in [-0.25, -0.2) is 4.79 Å². The predicted molar refractivity (Wildman–Crippen MR) is 114 cm³/mol. The molecule has 2 aromatic rings. The maximum atomic E-state index is 12.6. The Morgan fingerprint density at radius 3 is 2.55 bits per heavy atom. The van der Waals surface area contributed by atoms with Gasteiger partial charge >= 0.3 is 6.03 Å². The minimum Gasteiger partial charge on any atom is -0.495 e. The number of hydrogen-bond donors (Lipinski definition) is 2. The molecule has 0 saturated carbocycles. The molecule has 29 heavy (non-hydrogen) atoms. The Morgan fingerprint density at radius 1 is 1.14 bits per heavy atom. The fourth-order valence-electron chi connectivity index (χ4n) is 3.44. The van der Waals surface area contributed by atoms with Gasteiger partial charge in [0.15, 0.2) is 0 Å². The van der Waals surface area contributed by atoms with E-state index in [1.807, 2.05) is 30.3 Å². The zero-order valence-electron chi connectivity index (χ0n) is 16.5. The largest absolute Gasteiger partial charge is 0.495 e. The maximum Gasteiger partial charge on any atom is 0.321 e. The Hall–Kier alpha value is -2.73. The molecule has 0 unspecified atom stereocenters. The Bertz CT molecular complexity index is 836. The van der Waals surface area contributed by atoms with Crippen LogP contribution in [0.5, 0.6) is 5.75 Å². The molecule has 7 heteroatoms. The van der Waals surface area contributed by atoms with Crippen molar-refractivity contribution in [2.45, 2.75) is 25.8 Å². The van der Waals surface area contributed by atoms with Crippen LogP contribution in [0.4, 0.5) is 10.5 Å². The number of nitrogens with zero attached hydrogens (tertiary/aromatic N) is 1. The molecule has 1 heterocycles. The van der Waals surface area contributed by atoms with Crippen molar-refractivity contribution in [2.75, 3.05) is 25.5 Å². The highest BCUT2D eigenvalue weighted by Gasteiger charge is 2.25. The number of methoxy groups -OCH3 is 1. The van der Waals surface area contributed by atoms with E-state index in [0.29, 0.717) is 42.5 Å². The molecule has 0 radical (unpaired) electrons. The molecule has 1 saturated heterocycles. The number of ether oxygens (including phenoxy) is 1. The molecule has 2 aromatic carbocycles. The van der Waals surface area contributed by atoms with Gasteiger partial charge in [0.05, 0.1) is 12.8 Å². The van der Waals surface area contributed by atoms with Crippen LogP contribution in [0.1, 0.15) is 24.8 Å². The number of hydrogen-bond acceptors (Lipinski definition) is 3. The third kappa shape index (κ3) is 6.12. The topological polar surface area (TPSA) is 70.7 Å². The molecular weight excluding hydrogens is 390 g/mol. The number of amides is 3. The molecule has 1 aliphatic rings. The quantitative estimate of drug-likeness (QED) is 0.738. The second-order valence-corrected chi connectivity index (χ2v) is 7.61. The number of benzene rings is 2. The van der Waals surface area contributed by atoms with Gasteiger partial charge in [-0.05, 0) is 42.5 Å². The molecule has 1 aliphatic heterocycles. The van der Waals surface area contributed by atoms with Crippen LogP contribution in [0.15, 0.2) is 48.5 Å². The van der Waals surface area contributed by atoms with Gasteiger partial charge in [0, 0.05) is 31.1 Å².